The summed E-state index contributed by atoms with van der Waals surface area (Å²) in [6, 6.07) is 0.229. The molecule has 16 heavy (non-hydrogen) atoms. The number of aliphatic hydroxyl groups excluding tert-OH is 1. The zero-order valence-corrected chi connectivity index (χ0v) is 10.9. The summed E-state index contributed by atoms with van der Waals surface area (Å²) in [6.07, 6.45) is 4.57. The molecule has 0 saturated heterocycles. The fourth-order valence-electron chi connectivity index (χ4n) is 2.10. The summed E-state index contributed by atoms with van der Waals surface area (Å²) in [6.45, 7) is 0.192. The van der Waals surface area contributed by atoms with Crippen molar-refractivity contribution in [1.82, 2.24) is 9.97 Å². The molecule has 88 valence electrons. The second-order valence-electron chi connectivity index (χ2n) is 4.02. The van der Waals surface area contributed by atoms with Crippen LogP contribution in [0, 0.1) is 9.49 Å². The molecular weight excluding hydrogens is 321 g/mol. The van der Waals surface area contributed by atoms with Crippen molar-refractivity contribution in [2.24, 2.45) is 5.92 Å². The summed E-state index contributed by atoms with van der Waals surface area (Å²) in [5.41, 5.74) is -0.128. The van der Waals surface area contributed by atoms with Crippen LogP contribution in [0.4, 0.5) is 5.82 Å². The van der Waals surface area contributed by atoms with Gasteiger partial charge in [0, 0.05) is 18.6 Å². The Balaban J connectivity index is 2.14. The van der Waals surface area contributed by atoms with Crippen molar-refractivity contribution in [3.8, 4) is 0 Å². The molecule has 0 radical (unpaired) electrons. The highest BCUT2D eigenvalue weighted by Gasteiger charge is 2.27. The maximum absolute atomic E-state index is 11.4. The minimum absolute atomic E-state index is 0.128. The third-order valence-electron chi connectivity index (χ3n) is 3.01. The maximum atomic E-state index is 11.4. The van der Waals surface area contributed by atoms with Gasteiger partial charge in [0.15, 0.2) is 0 Å². The van der Waals surface area contributed by atoms with Gasteiger partial charge in [-0.1, -0.05) is 6.42 Å². The highest BCUT2D eigenvalue weighted by Crippen LogP contribution is 2.28. The van der Waals surface area contributed by atoms with Gasteiger partial charge in [0.2, 0.25) is 0 Å². The lowest BCUT2D eigenvalue weighted by atomic mass is 10.1. The average Bonchev–Trinajstić information content (AvgIpc) is 2.72. The third kappa shape index (κ3) is 2.37. The largest absolute Gasteiger partial charge is 0.396 e. The van der Waals surface area contributed by atoms with E-state index in [9.17, 15) is 9.90 Å². The van der Waals surface area contributed by atoms with E-state index >= 15 is 0 Å². The molecule has 5 nitrogen and oxygen atoms in total. The van der Waals surface area contributed by atoms with Crippen molar-refractivity contribution in [2.45, 2.75) is 25.3 Å². The second kappa shape index (κ2) is 5.13. The number of nitrogens with zero attached hydrogens (tertiary/aromatic N) is 1. The molecular formula is C10H14IN3O2. The van der Waals surface area contributed by atoms with Gasteiger partial charge in [0.05, 0.1) is 6.33 Å². The van der Waals surface area contributed by atoms with Crippen LogP contribution in [0.15, 0.2) is 11.1 Å². The lowest BCUT2D eigenvalue weighted by Gasteiger charge is -2.19. The number of halogens is 1. The molecule has 2 rings (SSSR count). The van der Waals surface area contributed by atoms with Gasteiger partial charge in [-0.25, -0.2) is 4.98 Å². The summed E-state index contributed by atoms with van der Waals surface area (Å²) in [4.78, 5) is 18.0. The summed E-state index contributed by atoms with van der Waals surface area (Å²) in [5, 5.41) is 12.5. The predicted octanol–water partition coefficient (Wildman–Crippen LogP) is 0.947. The Bertz CT molecular complexity index is 421. The van der Waals surface area contributed by atoms with Gasteiger partial charge in [-0.3, -0.25) is 4.79 Å². The molecule has 3 N–H and O–H groups in total. The first kappa shape index (κ1) is 11.8. The number of rotatable bonds is 3. The van der Waals surface area contributed by atoms with Gasteiger partial charge in [-0.2, -0.15) is 0 Å². The van der Waals surface area contributed by atoms with E-state index in [-0.39, 0.29) is 24.1 Å². The molecule has 1 heterocycles. The van der Waals surface area contributed by atoms with Crippen molar-refractivity contribution >= 4 is 28.4 Å². The van der Waals surface area contributed by atoms with Crippen LogP contribution in [0.25, 0.3) is 0 Å². The molecule has 2 atom stereocenters. The molecule has 1 aromatic heterocycles. The number of hydrogen-bond donors (Lipinski definition) is 3. The molecule has 0 aliphatic heterocycles. The fraction of sp³-hybridized carbons (Fsp3) is 0.600. The Morgan fingerprint density at radius 2 is 2.44 bits per heavy atom. The number of anilines is 1. The van der Waals surface area contributed by atoms with Crippen LogP contribution < -0.4 is 10.9 Å². The zero-order chi connectivity index (χ0) is 11.5. The minimum atomic E-state index is -0.128. The molecule has 1 aliphatic carbocycles. The number of aromatic nitrogens is 2. The number of hydrogen-bond acceptors (Lipinski definition) is 4. The molecule has 1 saturated carbocycles. The van der Waals surface area contributed by atoms with Crippen molar-refractivity contribution in [2.75, 3.05) is 11.9 Å². The lowest BCUT2D eigenvalue weighted by Crippen LogP contribution is -2.28. The monoisotopic (exact) mass is 335 g/mol. The number of aromatic amines is 1. The highest BCUT2D eigenvalue weighted by molar-refractivity contribution is 14.1. The van der Waals surface area contributed by atoms with Crippen molar-refractivity contribution in [1.29, 1.82) is 0 Å². The average molecular weight is 335 g/mol. The quantitative estimate of drug-likeness (QED) is 0.719. The van der Waals surface area contributed by atoms with Crippen LogP contribution in [0.1, 0.15) is 19.3 Å². The molecule has 0 amide bonds. The van der Waals surface area contributed by atoms with Gasteiger partial charge in [-0.15, -0.1) is 0 Å². The predicted molar refractivity (Wildman–Crippen MR) is 69.4 cm³/mol. The van der Waals surface area contributed by atoms with E-state index in [0.29, 0.717) is 9.39 Å². The van der Waals surface area contributed by atoms with Crippen LogP contribution in [0.3, 0.4) is 0 Å². The maximum Gasteiger partial charge on any atom is 0.266 e. The van der Waals surface area contributed by atoms with E-state index in [4.69, 9.17) is 0 Å². The summed E-state index contributed by atoms with van der Waals surface area (Å²) >= 11 is 1.98. The van der Waals surface area contributed by atoms with E-state index < -0.39 is 0 Å². The van der Waals surface area contributed by atoms with Gasteiger partial charge in [-0.05, 0) is 35.4 Å². The first-order valence-electron chi connectivity index (χ1n) is 5.33. The fourth-order valence-corrected chi connectivity index (χ4v) is 2.56. The Labute approximate surface area is 107 Å². The number of aliphatic hydroxyl groups is 1. The number of H-pyrrole nitrogens is 1. The van der Waals surface area contributed by atoms with Crippen LogP contribution in [0.2, 0.25) is 0 Å². The summed E-state index contributed by atoms with van der Waals surface area (Å²) in [5.74, 6) is 0.895. The molecule has 0 bridgehead atoms. The first-order valence-corrected chi connectivity index (χ1v) is 6.41. The van der Waals surface area contributed by atoms with E-state index in [1.807, 2.05) is 22.6 Å². The van der Waals surface area contributed by atoms with Gasteiger partial charge in [0.1, 0.15) is 9.39 Å². The molecule has 0 spiro atoms. The molecule has 6 heteroatoms. The van der Waals surface area contributed by atoms with Crippen molar-refractivity contribution in [3.05, 3.63) is 20.3 Å². The standard InChI is InChI=1S/C10H14IN3O2/c11-8-9(12-5-13-10(8)16)14-7-3-1-2-6(7)4-15/h5-7,15H,1-4H2,(H2,12,13,14,16). The van der Waals surface area contributed by atoms with Crippen LogP contribution in [-0.4, -0.2) is 27.7 Å². The third-order valence-corrected chi connectivity index (χ3v) is 4.01. The van der Waals surface area contributed by atoms with Gasteiger partial charge >= 0.3 is 0 Å². The van der Waals surface area contributed by atoms with Crippen LogP contribution in [-0.2, 0) is 0 Å². The van der Waals surface area contributed by atoms with E-state index in [2.05, 4.69) is 15.3 Å². The smallest absolute Gasteiger partial charge is 0.266 e. The molecule has 1 aliphatic rings. The van der Waals surface area contributed by atoms with Crippen LogP contribution >= 0.6 is 22.6 Å². The lowest BCUT2D eigenvalue weighted by molar-refractivity contribution is 0.222. The molecule has 2 unspecified atom stereocenters. The SMILES string of the molecule is O=c1[nH]cnc(NC2CCCC2CO)c1I. The Morgan fingerprint density at radius 1 is 1.62 bits per heavy atom. The Hall–Kier alpha value is -0.630. The van der Waals surface area contributed by atoms with E-state index in [1.54, 1.807) is 0 Å². The van der Waals surface area contributed by atoms with Crippen molar-refractivity contribution in [3.63, 3.8) is 0 Å². The first-order chi connectivity index (χ1) is 7.72. The van der Waals surface area contributed by atoms with Crippen molar-refractivity contribution < 1.29 is 5.11 Å². The highest BCUT2D eigenvalue weighted by atomic mass is 127. The molecule has 0 aromatic carbocycles. The Morgan fingerprint density at radius 3 is 3.19 bits per heavy atom. The van der Waals surface area contributed by atoms with Gasteiger partial charge < -0.3 is 15.4 Å². The normalized spacial score (nSPS) is 24.6. The summed E-state index contributed by atoms with van der Waals surface area (Å²) < 4.78 is 0.573. The Kier molecular flexibility index (Phi) is 3.80. The van der Waals surface area contributed by atoms with E-state index in [1.165, 1.54) is 6.33 Å². The van der Waals surface area contributed by atoms with Gasteiger partial charge in [0.25, 0.3) is 5.56 Å². The minimum Gasteiger partial charge on any atom is -0.396 e. The topological polar surface area (TPSA) is 78.0 Å². The second-order valence-corrected chi connectivity index (χ2v) is 5.10. The molecule has 1 aromatic rings. The summed E-state index contributed by atoms with van der Waals surface area (Å²) in [7, 11) is 0. The molecule has 1 fully saturated rings. The van der Waals surface area contributed by atoms with Crippen LogP contribution in [0.5, 0.6) is 0 Å². The van der Waals surface area contributed by atoms with E-state index in [0.717, 1.165) is 19.3 Å². The number of nitrogens with one attached hydrogen (secondary N) is 2. The zero-order valence-electron chi connectivity index (χ0n) is 8.74.